The van der Waals surface area contributed by atoms with Crippen molar-refractivity contribution in [2.24, 2.45) is 5.92 Å². The smallest absolute Gasteiger partial charge is 0.308 e. The second kappa shape index (κ2) is 10.7. The molecule has 0 bridgehead atoms. The van der Waals surface area contributed by atoms with Gasteiger partial charge in [0.15, 0.2) is 0 Å². The first kappa shape index (κ1) is 27.0. The second-order valence-electron chi connectivity index (χ2n) is 9.62. The van der Waals surface area contributed by atoms with Gasteiger partial charge in [-0.3, -0.25) is 23.7 Å². The van der Waals surface area contributed by atoms with E-state index >= 15 is 0 Å². The Kier molecular flexibility index (Phi) is 7.20. The van der Waals surface area contributed by atoms with Gasteiger partial charge in [0.05, 0.1) is 16.6 Å². The maximum absolute atomic E-state index is 13.9. The van der Waals surface area contributed by atoms with Crippen molar-refractivity contribution in [3.8, 4) is 0 Å². The minimum Gasteiger partial charge on any atom is -0.325 e. The van der Waals surface area contributed by atoms with Gasteiger partial charge in [-0.1, -0.05) is 80.5 Å². The van der Waals surface area contributed by atoms with Gasteiger partial charge in [-0.05, 0) is 61.0 Å². The number of benzene rings is 3. The van der Waals surface area contributed by atoms with Crippen molar-refractivity contribution in [2.75, 3.05) is 10.2 Å². The standard InChI is InChI=1S/C29H21BrClN3O4S2/c1-15-5-11-20(12-6-15)34-26(36)23-22(16-3-2-4-17(30)13-16)25-28(39-24(23)27(34)37)33(29(38)40-25)14-21(35)32-19-9-7-18(31)8-10-19/h2-13,22-24H,14H2,1H3,(H,32,35)/t22-,23?,24?/m1/s1. The van der Waals surface area contributed by atoms with Crippen LogP contribution in [0.25, 0.3) is 0 Å². The molecule has 6 rings (SSSR count). The molecule has 11 heteroatoms. The molecule has 1 saturated heterocycles. The Balaban J connectivity index is 1.41. The monoisotopic (exact) mass is 653 g/mol. The lowest BCUT2D eigenvalue weighted by Gasteiger charge is -2.30. The van der Waals surface area contributed by atoms with E-state index in [1.54, 1.807) is 36.4 Å². The van der Waals surface area contributed by atoms with Gasteiger partial charge < -0.3 is 5.32 Å². The molecule has 0 spiro atoms. The molecule has 1 N–H and O–H groups in total. The third kappa shape index (κ3) is 4.83. The van der Waals surface area contributed by atoms with E-state index in [1.165, 1.54) is 21.2 Å². The minimum absolute atomic E-state index is 0.229. The number of carbonyl (C=O) groups is 3. The molecule has 3 atom stereocenters. The number of anilines is 2. The highest BCUT2D eigenvalue weighted by Gasteiger charge is 2.56. The van der Waals surface area contributed by atoms with E-state index in [-0.39, 0.29) is 29.1 Å². The summed E-state index contributed by atoms with van der Waals surface area (Å²) < 4.78 is 2.23. The summed E-state index contributed by atoms with van der Waals surface area (Å²) in [5, 5.41) is 3.13. The third-order valence-electron chi connectivity index (χ3n) is 6.98. The Morgan fingerprint density at radius 2 is 1.73 bits per heavy atom. The molecular formula is C29H21BrClN3O4S2. The van der Waals surface area contributed by atoms with Crippen LogP contribution in [0, 0.1) is 12.8 Å². The highest BCUT2D eigenvalue weighted by atomic mass is 79.9. The first-order valence-corrected chi connectivity index (χ1v) is 15.2. The number of thiazole rings is 1. The molecule has 0 saturated carbocycles. The zero-order chi connectivity index (χ0) is 28.1. The van der Waals surface area contributed by atoms with Gasteiger partial charge in [-0.25, -0.2) is 4.90 Å². The maximum atomic E-state index is 13.9. The highest BCUT2D eigenvalue weighted by molar-refractivity contribution is 9.10. The summed E-state index contributed by atoms with van der Waals surface area (Å²) in [6.07, 6.45) is 0. The van der Waals surface area contributed by atoms with Crippen molar-refractivity contribution in [1.82, 2.24) is 4.57 Å². The maximum Gasteiger partial charge on any atom is 0.308 e. The minimum atomic E-state index is -0.745. The van der Waals surface area contributed by atoms with Gasteiger partial charge in [0.2, 0.25) is 17.7 Å². The fraction of sp³-hybridized carbons (Fsp3) is 0.172. The summed E-state index contributed by atoms with van der Waals surface area (Å²) in [5.74, 6) is -2.24. The first-order chi connectivity index (χ1) is 19.2. The molecule has 3 amide bonds. The van der Waals surface area contributed by atoms with Crippen LogP contribution in [0.5, 0.6) is 0 Å². The van der Waals surface area contributed by atoms with Gasteiger partial charge >= 0.3 is 4.87 Å². The van der Waals surface area contributed by atoms with Gasteiger partial charge in [-0.15, -0.1) is 0 Å². The predicted octanol–water partition coefficient (Wildman–Crippen LogP) is 6.07. The number of hydrogen-bond acceptors (Lipinski definition) is 6. The number of aromatic nitrogens is 1. The molecular weight excluding hydrogens is 634 g/mol. The summed E-state index contributed by atoms with van der Waals surface area (Å²) in [5.41, 5.74) is 2.91. The summed E-state index contributed by atoms with van der Waals surface area (Å²) in [4.78, 5) is 55.6. The van der Waals surface area contributed by atoms with Crippen molar-refractivity contribution in [3.05, 3.63) is 108 Å². The number of nitrogens with zero attached hydrogens (tertiary/aromatic N) is 2. The molecule has 2 unspecified atom stereocenters. The van der Waals surface area contributed by atoms with E-state index in [0.29, 0.717) is 26.3 Å². The fourth-order valence-corrected chi connectivity index (χ4v) is 8.46. The van der Waals surface area contributed by atoms with Gasteiger partial charge in [0.1, 0.15) is 11.8 Å². The van der Waals surface area contributed by atoms with Crippen molar-refractivity contribution in [1.29, 1.82) is 0 Å². The second-order valence-corrected chi connectivity index (χ2v) is 13.1. The lowest BCUT2D eigenvalue weighted by atomic mass is 9.83. The topological polar surface area (TPSA) is 88.5 Å². The normalized spacial score (nSPS) is 19.9. The lowest BCUT2D eigenvalue weighted by Crippen LogP contribution is -2.33. The first-order valence-electron chi connectivity index (χ1n) is 12.4. The molecule has 4 aromatic rings. The quantitative estimate of drug-likeness (QED) is 0.264. The molecule has 1 aromatic heterocycles. The third-order valence-corrected chi connectivity index (χ3v) is 10.3. The zero-order valence-electron chi connectivity index (χ0n) is 21.0. The number of carbonyl (C=O) groups excluding carboxylic acids is 3. The number of aryl methyl sites for hydroxylation is 1. The molecule has 3 heterocycles. The Morgan fingerprint density at radius 1 is 1.00 bits per heavy atom. The molecule has 0 radical (unpaired) electrons. The number of thioether (sulfide) groups is 1. The van der Waals surface area contributed by atoms with Crippen LogP contribution in [0.3, 0.4) is 0 Å². The number of halogens is 2. The molecule has 0 aliphatic carbocycles. The van der Waals surface area contributed by atoms with E-state index in [9.17, 15) is 19.2 Å². The van der Waals surface area contributed by atoms with Gasteiger partial charge in [0, 0.05) is 26.0 Å². The summed E-state index contributed by atoms with van der Waals surface area (Å²) >= 11 is 11.7. The van der Waals surface area contributed by atoms with E-state index in [0.717, 1.165) is 26.9 Å². The Morgan fingerprint density at radius 3 is 2.42 bits per heavy atom. The summed E-state index contributed by atoms with van der Waals surface area (Å²) in [6, 6.07) is 21.5. The number of amides is 3. The highest BCUT2D eigenvalue weighted by Crippen LogP contribution is 2.54. The molecule has 202 valence electrons. The van der Waals surface area contributed by atoms with E-state index in [4.69, 9.17) is 11.6 Å². The molecule has 2 aliphatic heterocycles. The molecule has 40 heavy (non-hydrogen) atoms. The van der Waals surface area contributed by atoms with Crippen LogP contribution in [0.1, 0.15) is 21.9 Å². The molecule has 7 nitrogen and oxygen atoms in total. The van der Waals surface area contributed by atoms with Crippen LogP contribution < -0.4 is 15.1 Å². The van der Waals surface area contributed by atoms with E-state index in [1.807, 2.05) is 43.3 Å². The average molecular weight is 655 g/mol. The molecule has 3 aromatic carbocycles. The number of hydrogen-bond donors (Lipinski definition) is 1. The van der Waals surface area contributed by atoms with Crippen molar-refractivity contribution < 1.29 is 14.4 Å². The lowest BCUT2D eigenvalue weighted by molar-refractivity contribution is -0.122. The largest absolute Gasteiger partial charge is 0.325 e. The Hall–Kier alpha value is -3.18. The number of imide groups is 1. The SMILES string of the molecule is Cc1ccc(N2C(=O)C3Sc4c(sc(=O)n4CC(=O)Nc4ccc(Cl)cc4)[C@H](c4cccc(Br)c4)C3C2=O)cc1. The van der Waals surface area contributed by atoms with Gasteiger partial charge in [0.25, 0.3) is 0 Å². The van der Waals surface area contributed by atoms with Crippen LogP contribution in [0.15, 0.2) is 87.1 Å². The number of rotatable bonds is 5. The summed E-state index contributed by atoms with van der Waals surface area (Å²) in [7, 11) is 0. The van der Waals surface area contributed by atoms with Crippen LogP contribution in [0.2, 0.25) is 5.02 Å². The zero-order valence-corrected chi connectivity index (χ0v) is 24.9. The number of fused-ring (bicyclic) bond motifs is 2. The Labute approximate surface area is 251 Å². The molecule has 2 aliphatic rings. The van der Waals surface area contributed by atoms with Crippen LogP contribution >= 0.6 is 50.6 Å². The van der Waals surface area contributed by atoms with Crippen LogP contribution in [-0.2, 0) is 20.9 Å². The number of nitrogens with one attached hydrogen (secondary N) is 1. The predicted molar refractivity (Wildman–Crippen MR) is 161 cm³/mol. The Bertz CT molecular complexity index is 1720. The van der Waals surface area contributed by atoms with Crippen molar-refractivity contribution in [2.45, 2.75) is 29.7 Å². The van der Waals surface area contributed by atoms with Gasteiger partial charge in [-0.2, -0.15) is 0 Å². The van der Waals surface area contributed by atoms with Crippen LogP contribution in [0.4, 0.5) is 11.4 Å². The van der Waals surface area contributed by atoms with E-state index in [2.05, 4.69) is 21.2 Å². The average Bonchev–Trinajstić information content (AvgIpc) is 3.36. The van der Waals surface area contributed by atoms with Crippen LogP contribution in [-0.4, -0.2) is 27.5 Å². The van der Waals surface area contributed by atoms with Crippen molar-refractivity contribution >= 4 is 79.7 Å². The summed E-state index contributed by atoms with van der Waals surface area (Å²) in [6.45, 7) is 1.71. The van der Waals surface area contributed by atoms with Crippen molar-refractivity contribution in [3.63, 3.8) is 0 Å². The molecule has 1 fully saturated rings. The van der Waals surface area contributed by atoms with E-state index < -0.39 is 17.1 Å². The fourth-order valence-electron chi connectivity index (χ4n) is 5.14.